The zero-order valence-corrected chi connectivity index (χ0v) is 23.3. The van der Waals surface area contributed by atoms with Crippen LogP contribution < -0.4 is 15.0 Å². The highest BCUT2D eigenvalue weighted by molar-refractivity contribution is 7.94. The van der Waals surface area contributed by atoms with E-state index in [1.165, 1.54) is 6.20 Å². The van der Waals surface area contributed by atoms with Crippen molar-refractivity contribution in [3.63, 3.8) is 0 Å². The quantitative estimate of drug-likeness (QED) is 0.327. The number of anilines is 2. The van der Waals surface area contributed by atoms with Crippen LogP contribution in [0.15, 0.2) is 76.6 Å². The molecule has 1 amide bonds. The number of ether oxygens (including phenoxy) is 2. The van der Waals surface area contributed by atoms with E-state index in [1.807, 2.05) is 6.07 Å². The lowest BCUT2D eigenvalue weighted by Gasteiger charge is -2.34. The Labute approximate surface area is 235 Å². The molecule has 206 valence electrons. The first-order valence-electron chi connectivity index (χ1n) is 12.9. The molecule has 2 aromatic carbocycles. The smallest absolute Gasteiger partial charge is 0.410 e. The molecule has 0 unspecified atom stereocenters. The standard InChI is InChI=1S/C28H27N5O5S2/c1-19-18-37-15-14-33(19)24-17-23(28(11-12-28)40(35,36)27-29-13-16-39-27)31-25(32-24)20-7-9-21(10-8-20)30-26(34)38-22-5-3-2-4-6-22/h2-10,13,16-17,19H,11-12,14-15,18H2,1H3,(H,30,34)/t19-/m0/s1. The minimum Gasteiger partial charge on any atom is -0.410 e. The van der Waals surface area contributed by atoms with Crippen LogP contribution in [0.3, 0.4) is 0 Å². The van der Waals surface area contributed by atoms with Crippen LogP contribution in [0.1, 0.15) is 25.5 Å². The van der Waals surface area contributed by atoms with Gasteiger partial charge in [0.2, 0.25) is 14.2 Å². The van der Waals surface area contributed by atoms with E-state index in [0.29, 0.717) is 66.9 Å². The summed E-state index contributed by atoms with van der Waals surface area (Å²) in [5.41, 5.74) is 1.69. The first-order valence-corrected chi connectivity index (χ1v) is 15.2. The second kappa shape index (κ2) is 10.6. The summed E-state index contributed by atoms with van der Waals surface area (Å²) in [4.78, 5) is 28.2. The van der Waals surface area contributed by atoms with Gasteiger partial charge >= 0.3 is 6.09 Å². The van der Waals surface area contributed by atoms with E-state index < -0.39 is 20.7 Å². The van der Waals surface area contributed by atoms with E-state index in [9.17, 15) is 13.2 Å². The summed E-state index contributed by atoms with van der Waals surface area (Å²) in [6.45, 7) is 3.79. The average Bonchev–Trinajstić information content (AvgIpc) is 3.60. The third kappa shape index (κ3) is 5.05. The molecule has 2 aromatic heterocycles. The molecule has 3 heterocycles. The van der Waals surface area contributed by atoms with Crippen molar-refractivity contribution in [2.75, 3.05) is 30.0 Å². The molecule has 12 heteroatoms. The van der Waals surface area contributed by atoms with Gasteiger partial charge in [0.15, 0.2) is 5.82 Å². The molecule has 1 aliphatic heterocycles. The van der Waals surface area contributed by atoms with Crippen LogP contribution in [0.2, 0.25) is 0 Å². The van der Waals surface area contributed by atoms with Gasteiger partial charge < -0.3 is 14.4 Å². The Morgan fingerprint density at radius 1 is 1.12 bits per heavy atom. The van der Waals surface area contributed by atoms with Gasteiger partial charge in [-0.15, -0.1) is 11.3 Å². The molecule has 0 bridgehead atoms. The fourth-order valence-corrected chi connectivity index (χ4v) is 7.80. The topological polar surface area (TPSA) is 124 Å². The monoisotopic (exact) mass is 577 g/mol. The number of morpholine rings is 1. The zero-order chi connectivity index (χ0) is 27.7. The lowest BCUT2D eigenvalue weighted by atomic mass is 10.1. The number of hydrogen-bond donors (Lipinski definition) is 1. The molecule has 10 nitrogen and oxygen atoms in total. The molecule has 0 radical (unpaired) electrons. The molecule has 40 heavy (non-hydrogen) atoms. The summed E-state index contributed by atoms with van der Waals surface area (Å²) in [6.07, 6.45) is 1.83. The Bertz CT molecular complexity index is 1610. The van der Waals surface area contributed by atoms with Crippen molar-refractivity contribution < 1.29 is 22.7 Å². The van der Waals surface area contributed by atoms with Crippen molar-refractivity contribution in [3.8, 4) is 17.1 Å². The van der Waals surface area contributed by atoms with Crippen molar-refractivity contribution in [2.24, 2.45) is 0 Å². The maximum Gasteiger partial charge on any atom is 0.417 e. The summed E-state index contributed by atoms with van der Waals surface area (Å²) >= 11 is 1.12. The predicted octanol–water partition coefficient (Wildman–Crippen LogP) is 4.90. The van der Waals surface area contributed by atoms with E-state index in [1.54, 1.807) is 60.0 Å². The zero-order valence-electron chi connectivity index (χ0n) is 21.7. The van der Waals surface area contributed by atoms with Gasteiger partial charge in [0.25, 0.3) is 0 Å². The molecule has 1 atom stereocenters. The number of sulfone groups is 1. The minimum absolute atomic E-state index is 0.0669. The van der Waals surface area contributed by atoms with E-state index >= 15 is 0 Å². The van der Waals surface area contributed by atoms with Crippen LogP contribution in [0, 0.1) is 0 Å². The number of amides is 1. The normalized spacial score (nSPS) is 18.2. The minimum atomic E-state index is -3.73. The van der Waals surface area contributed by atoms with Gasteiger partial charge in [0.1, 0.15) is 16.3 Å². The van der Waals surface area contributed by atoms with Crippen molar-refractivity contribution in [1.82, 2.24) is 15.0 Å². The molecular weight excluding hydrogens is 550 g/mol. The SMILES string of the molecule is C[C@H]1COCCN1c1cc(C2(S(=O)(=O)c3nccs3)CC2)nc(-c2ccc(NC(=O)Oc3ccccc3)cc2)n1. The van der Waals surface area contributed by atoms with Crippen LogP contribution in [-0.4, -0.2) is 55.3 Å². The summed E-state index contributed by atoms with van der Waals surface area (Å²) < 4.78 is 37.2. The fourth-order valence-electron chi connectivity index (χ4n) is 4.74. The molecule has 0 spiro atoms. The summed E-state index contributed by atoms with van der Waals surface area (Å²) in [5, 5.41) is 4.38. The fraction of sp³-hybridized carbons (Fsp3) is 0.286. The highest BCUT2D eigenvalue weighted by atomic mass is 32.2. The molecule has 1 aliphatic carbocycles. The van der Waals surface area contributed by atoms with Gasteiger partial charge in [-0.3, -0.25) is 5.32 Å². The Kier molecular flexibility index (Phi) is 6.99. The number of aromatic nitrogens is 3. The van der Waals surface area contributed by atoms with E-state index in [4.69, 9.17) is 19.4 Å². The van der Waals surface area contributed by atoms with Gasteiger partial charge in [-0.05, 0) is 56.2 Å². The number of rotatable bonds is 7. The molecule has 6 rings (SSSR count). The first kappa shape index (κ1) is 26.4. The highest BCUT2D eigenvalue weighted by Gasteiger charge is 2.59. The Morgan fingerprint density at radius 2 is 1.90 bits per heavy atom. The van der Waals surface area contributed by atoms with Crippen LogP contribution >= 0.6 is 11.3 Å². The van der Waals surface area contributed by atoms with Crippen molar-refractivity contribution >= 4 is 38.8 Å². The van der Waals surface area contributed by atoms with Crippen LogP contribution in [0.4, 0.5) is 16.3 Å². The van der Waals surface area contributed by atoms with Crippen LogP contribution in [0.5, 0.6) is 5.75 Å². The molecule has 2 fully saturated rings. The first-order chi connectivity index (χ1) is 19.4. The third-order valence-electron chi connectivity index (χ3n) is 7.04. The highest BCUT2D eigenvalue weighted by Crippen LogP contribution is 2.55. The van der Waals surface area contributed by atoms with Crippen molar-refractivity contribution in [2.45, 2.75) is 34.9 Å². The van der Waals surface area contributed by atoms with Gasteiger partial charge in [-0.1, -0.05) is 18.2 Å². The molecule has 4 aromatic rings. The third-order valence-corrected chi connectivity index (χ3v) is 10.8. The largest absolute Gasteiger partial charge is 0.417 e. The van der Waals surface area contributed by atoms with E-state index in [0.717, 1.165) is 11.3 Å². The molecule has 1 saturated heterocycles. The summed E-state index contributed by atoms with van der Waals surface area (Å²) in [5.74, 6) is 1.50. The lowest BCUT2D eigenvalue weighted by molar-refractivity contribution is 0.0985. The van der Waals surface area contributed by atoms with E-state index in [2.05, 4.69) is 22.1 Å². The van der Waals surface area contributed by atoms with Crippen LogP contribution in [0.25, 0.3) is 11.4 Å². The molecule has 1 saturated carbocycles. The Morgan fingerprint density at radius 3 is 2.58 bits per heavy atom. The number of carbonyl (C=O) groups is 1. The number of thiazole rings is 1. The van der Waals surface area contributed by atoms with E-state index in [-0.39, 0.29) is 10.4 Å². The van der Waals surface area contributed by atoms with Gasteiger partial charge in [0.05, 0.1) is 24.9 Å². The van der Waals surface area contributed by atoms with Gasteiger partial charge in [-0.2, -0.15) is 0 Å². The number of nitrogens with one attached hydrogen (secondary N) is 1. The lowest BCUT2D eigenvalue weighted by Crippen LogP contribution is -2.44. The number of carbonyl (C=O) groups excluding carboxylic acids is 1. The molecule has 2 aliphatic rings. The second-order valence-corrected chi connectivity index (χ2v) is 13.1. The number of para-hydroxylation sites is 1. The van der Waals surface area contributed by atoms with Crippen molar-refractivity contribution in [1.29, 1.82) is 0 Å². The second-order valence-electron chi connectivity index (χ2n) is 9.75. The summed E-state index contributed by atoms with van der Waals surface area (Å²) in [6, 6.07) is 17.7. The maximum atomic E-state index is 13.7. The maximum absolute atomic E-state index is 13.7. The molecular formula is C28H27N5O5S2. The van der Waals surface area contributed by atoms with Gasteiger partial charge in [-0.25, -0.2) is 28.2 Å². The molecule has 1 N–H and O–H groups in total. The predicted molar refractivity (Wildman–Crippen MR) is 151 cm³/mol. The number of hydrogen-bond acceptors (Lipinski definition) is 10. The van der Waals surface area contributed by atoms with Crippen molar-refractivity contribution in [3.05, 3.63) is 77.9 Å². The Hall–Kier alpha value is -3.87. The Balaban J connectivity index is 1.32. The van der Waals surface area contributed by atoms with Crippen LogP contribution in [-0.2, 0) is 19.3 Å². The number of benzene rings is 2. The number of nitrogens with zero attached hydrogens (tertiary/aromatic N) is 4. The summed E-state index contributed by atoms with van der Waals surface area (Å²) in [7, 11) is -3.73. The average molecular weight is 578 g/mol. The van der Waals surface area contributed by atoms with Gasteiger partial charge in [0, 0.05) is 35.4 Å².